The third-order valence-corrected chi connectivity index (χ3v) is 3.40. The van der Waals surface area contributed by atoms with Crippen LogP contribution in [-0.2, 0) is 0 Å². The molecule has 0 aromatic heterocycles. The number of hydrogen-bond acceptors (Lipinski definition) is 3. The minimum atomic E-state index is -1.35. The van der Waals surface area contributed by atoms with Crippen molar-refractivity contribution >= 4 is 22.5 Å². The molecule has 3 rings (SSSR count). The van der Waals surface area contributed by atoms with Gasteiger partial charge in [-0.1, -0.05) is 60.7 Å². The summed E-state index contributed by atoms with van der Waals surface area (Å²) in [5.74, 6) is -1.67. The molecule has 0 saturated heterocycles. The van der Waals surface area contributed by atoms with Gasteiger partial charge in [-0.25, -0.2) is 0 Å². The summed E-state index contributed by atoms with van der Waals surface area (Å²) in [5, 5.41) is 13.1. The Bertz CT molecular complexity index is 850. The van der Waals surface area contributed by atoms with Crippen molar-refractivity contribution in [3.63, 3.8) is 0 Å². The van der Waals surface area contributed by atoms with Crippen molar-refractivity contribution in [2.45, 2.75) is 0 Å². The van der Waals surface area contributed by atoms with Crippen LogP contribution in [0.5, 0.6) is 0 Å². The SMILES string of the molecule is O=C([O-])c1ccccc1C(=O)c1ccc2ccccc2c1. The van der Waals surface area contributed by atoms with Crippen molar-refractivity contribution in [1.82, 2.24) is 0 Å². The maximum Gasteiger partial charge on any atom is 0.193 e. The van der Waals surface area contributed by atoms with Crippen molar-refractivity contribution in [3.8, 4) is 0 Å². The van der Waals surface area contributed by atoms with Crippen molar-refractivity contribution in [2.75, 3.05) is 0 Å². The molecule has 102 valence electrons. The zero-order valence-electron chi connectivity index (χ0n) is 11.1. The zero-order valence-corrected chi connectivity index (χ0v) is 11.1. The lowest BCUT2D eigenvalue weighted by molar-refractivity contribution is -0.255. The maximum absolute atomic E-state index is 12.5. The lowest BCUT2D eigenvalue weighted by Gasteiger charge is -2.09. The molecule has 0 aliphatic carbocycles. The lowest BCUT2D eigenvalue weighted by Crippen LogP contribution is -2.25. The van der Waals surface area contributed by atoms with E-state index in [-0.39, 0.29) is 16.9 Å². The van der Waals surface area contributed by atoms with Gasteiger partial charge in [-0.2, -0.15) is 0 Å². The summed E-state index contributed by atoms with van der Waals surface area (Å²) in [5.41, 5.74) is 0.519. The second-order valence-corrected chi connectivity index (χ2v) is 4.72. The fourth-order valence-electron chi connectivity index (χ4n) is 2.35. The first kappa shape index (κ1) is 13.1. The first-order valence-corrected chi connectivity index (χ1v) is 6.51. The molecule has 0 aliphatic rings. The quantitative estimate of drug-likeness (QED) is 0.690. The van der Waals surface area contributed by atoms with Crippen molar-refractivity contribution in [1.29, 1.82) is 0 Å². The van der Waals surface area contributed by atoms with E-state index in [0.29, 0.717) is 5.56 Å². The Kier molecular flexibility index (Phi) is 3.24. The van der Waals surface area contributed by atoms with Crippen LogP contribution in [0.1, 0.15) is 26.3 Å². The molecule has 21 heavy (non-hydrogen) atoms. The summed E-state index contributed by atoms with van der Waals surface area (Å²) in [6.45, 7) is 0. The van der Waals surface area contributed by atoms with E-state index in [0.717, 1.165) is 10.8 Å². The first-order valence-electron chi connectivity index (χ1n) is 6.51. The van der Waals surface area contributed by atoms with Gasteiger partial charge in [0, 0.05) is 16.7 Å². The summed E-state index contributed by atoms with van der Waals surface area (Å²) in [4.78, 5) is 23.6. The number of hydrogen-bond donors (Lipinski definition) is 0. The van der Waals surface area contributed by atoms with E-state index < -0.39 is 5.97 Å². The van der Waals surface area contributed by atoms with E-state index in [1.54, 1.807) is 24.3 Å². The molecule has 0 aliphatic heterocycles. The summed E-state index contributed by atoms with van der Waals surface area (Å²) >= 11 is 0. The van der Waals surface area contributed by atoms with Crippen LogP contribution in [0.4, 0.5) is 0 Å². The molecule has 0 atom stereocenters. The monoisotopic (exact) mass is 275 g/mol. The highest BCUT2D eigenvalue weighted by molar-refractivity contribution is 6.15. The molecule has 0 amide bonds. The largest absolute Gasteiger partial charge is 0.545 e. The van der Waals surface area contributed by atoms with Crippen LogP contribution >= 0.6 is 0 Å². The average Bonchev–Trinajstić information content (AvgIpc) is 2.53. The van der Waals surface area contributed by atoms with Gasteiger partial charge in [0.15, 0.2) is 5.78 Å². The molecule has 0 unspecified atom stereocenters. The molecule has 0 spiro atoms. The van der Waals surface area contributed by atoms with Gasteiger partial charge in [0.25, 0.3) is 0 Å². The standard InChI is InChI=1S/C18H12O3/c19-17(15-7-3-4-8-16(15)18(20)21)14-10-9-12-5-1-2-6-13(12)11-14/h1-11H,(H,20,21)/p-1. The Balaban J connectivity index is 2.10. The number of ketones is 1. The summed E-state index contributed by atoms with van der Waals surface area (Å²) < 4.78 is 0. The third-order valence-electron chi connectivity index (χ3n) is 3.40. The van der Waals surface area contributed by atoms with Gasteiger partial charge in [0.2, 0.25) is 0 Å². The molecular formula is C18H11O3-. The summed E-state index contributed by atoms with van der Waals surface area (Å²) in [7, 11) is 0. The molecule has 0 fully saturated rings. The highest BCUT2D eigenvalue weighted by Gasteiger charge is 2.14. The number of carbonyl (C=O) groups excluding carboxylic acids is 2. The van der Waals surface area contributed by atoms with Gasteiger partial charge in [-0.05, 0) is 16.8 Å². The predicted octanol–water partition coefficient (Wildman–Crippen LogP) is 2.43. The van der Waals surface area contributed by atoms with Crippen LogP contribution < -0.4 is 5.11 Å². The number of benzene rings is 3. The van der Waals surface area contributed by atoms with Gasteiger partial charge in [0.1, 0.15) is 0 Å². The minimum absolute atomic E-state index is 0.0874. The molecule has 0 heterocycles. The van der Waals surface area contributed by atoms with Gasteiger partial charge in [0.05, 0.1) is 5.97 Å². The van der Waals surface area contributed by atoms with E-state index >= 15 is 0 Å². The lowest BCUT2D eigenvalue weighted by atomic mass is 9.96. The van der Waals surface area contributed by atoms with Crippen LogP contribution in [-0.4, -0.2) is 11.8 Å². The van der Waals surface area contributed by atoms with Crippen LogP contribution in [0, 0.1) is 0 Å². The fraction of sp³-hybridized carbons (Fsp3) is 0. The first-order chi connectivity index (χ1) is 10.2. The molecule has 0 N–H and O–H groups in total. The Labute approximate surface area is 121 Å². The minimum Gasteiger partial charge on any atom is -0.545 e. The van der Waals surface area contributed by atoms with Gasteiger partial charge in [-0.3, -0.25) is 4.79 Å². The van der Waals surface area contributed by atoms with Crippen LogP contribution in [0.15, 0.2) is 66.7 Å². The van der Waals surface area contributed by atoms with E-state index in [1.807, 2.05) is 30.3 Å². The Morgan fingerprint density at radius 1 is 0.714 bits per heavy atom. The maximum atomic E-state index is 12.5. The molecule has 3 heteroatoms. The highest BCUT2D eigenvalue weighted by Crippen LogP contribution is 2.19. The molecule has 0 bridgehead atoms. The molecule has 3 aromatic carbocycles. The number of carboxylic acids is 1. The Hall–Kier alpha value is -2.94. The number of fused-ring (bicyclic) bond motifs is 1. The highest BCUT2D eigenvalue weighted by atomic mass is 16.4. The fourth-order valence-corrected chi connectivity index (χ4v) is 2.35. The Morgan fingerprint density at radius 2 is 1.33 bits per heavy atom. The van der Waals surface area contributed by atoms with Crippen molar-refractivity contribution in [3.05, 3.63) is 83.4 Å². The molecule has 0 saturated carbocycles. The van der Waals surface area contributed by atoms with Crippen molar-refractivity contribution < 1.29 is 14.7 Å². The Morgan fingerprint density at radius 3 is 2.05 bits per heavy atom. The second-order valence-electron chi connectivity index (χ2n) is 4.72. The van der Waals surface area contributed by atoms with E-state index in [4.69, 9.17) is 0 Å². The summed E-state index contributed by atoms with van der Waals surface area (Å²) in [6.07, 6.45) is 0. The van der Waals surface area contributed by atoms with Gasteiger partial charge < -0.3 is 9.90 Å². The summed E-state index contributed by atoms with van der Waals surface area (Å²) in [6, 6.07) is 19.1. The molecular weight excluding hydrogens is 264 g/mol. The number of carboxylic acid groups (broad SMARTS) is 1. The van der Waals surface area contributed by atoms with E-state index in [2.05, 4.69) is 0 Å². The molecule has 3 nitrogen and oxygen atoms in total. The smallest absolute Gasteiger partial charge is 0.193 e. The van der Waals surface area contributed by atoms with Crippen molar-refractivity contribution in [2.24, 2.45) is 0 Å². The van der Waals surface area contributed by atoms with E-state index in [9.17, 15) is 14.7 Å². The average molecular weight is 275 g/mol. The number of carbonyl (C=O) groups is 2. The number of rotatable bonds is 3. The van der Waals surface area contributed by atoms with Crippen LogP contribution in [0.25, 0.3) is 10.8 Å². The van der Waals surface area contributed by atoms with Gasteiger partial charge >= 0.3 is 0 Å². The third kappa shape index (κ3) is 2.41. The molecule has 3 aromatic rings. The van der Waals surface area contributed by atoms with Crippen LogP contribution in [0.2, 0.25) is 0 Å². The van der Waals surface area contributed by atoms with Gasteiger partial charge in [-0.15, -0.1) is 0 Å². The topological polar surface area (TPSA) is 57.2 Å². The second kappa shape index (κ2) is 5.21. The normalized spacial score (nSPS) is 10.5. The molecule has 0 radical (unpaired) electrons. The zero-order chi connectivity index (χ0) is 14.8. The van der Waals surface area contributed by atoms with E-state index in [1.165, 1.54) is 12.1 Å². The number of aromatic carboxylic acids is 1. The predicted molar refractivity (Wildman–Crippen MR) is 78.2 cm³/mol. The van der Waals surface area contributed by atoms with Crippen LogP contribution in [0.3, 0.4) is 0 Å².